The van der Waals surface area contributed by atoms with Crippen LogP contribution in [0.2, 0.25) is 5.02 Å². The summed E-state index contributed by atoms with van der Waals surface area (Å²) in [5.41, 5.74) is 1.14. The van der Waals surface area contributed by atoms with Crippen LogP contribution in [0, 0.1) is 0 Å². The molecule has 1 aromatic carbocycles. The highest BCUT2D eigenvalue weighted by Crippen LogP contribution is 2.29. The van der Waals surface area contributed by atoms with Crippen LogP contribution in [0.15, 0.2) is 35.1 Å². The van der Waals surface area contributed by atoms with E-state index in [0.29, 0.717) is 0 Å². The van der Waals surface area contributed by atoms with Crippen LogP contribution < -0.4 is 10.2 Å². The molecule has 0 amide bonds. The molecule has 0 fully saturated rings. The zero-order valence-corrected chi connectivity index (χ0v) is 14.4. The largest absolute Gasteiger partial charge is 0.369 e. The number of nitrogens with one attached hydrogen (secondary N) is 1. The van der Waals surface area contributed by atoms with Gasteiger partial charge in [0.2, 0.25) is 0 Å². The van der Waals surface area contributed by atoms with Crippen LogP contribution >= 0.6 is 27.5 Å². The Hall–Kier alpha value is -1.33. The van der Waals surface area contributed by atoms with Gasteiger partial charge in [0, 0.05) is 25.2 Å². The Bertz CT molecular complexity index is 606. The van der Waals surface area contributed by atoms with Gasteiger partial charge in [0.25, 0.3) is 0 Å². The summed E-state index contributed by atoms with van der Waals surface area (Å²) in [4.78, 5) is 10.7. The number of anilines is 2. The molecular formula is C15H18BrClN4. The fraction of sp³-hybridized carbons (Fsp3) is 0.333. The predicted octanol–water partition coefficient (Wildman–Crippen LogP) is 4.35. The topological polar surface area (TPSA) is 41.1 Å². The number of halogens is 2. The molecule has 0 aliphatic rings. The quantitative estimate of drug-likeness (QED) is 0.822. The molecule has 6 heteroatoms. The fourth-order valence-electron chi connectivity index (χ4n) is 1.98. The van der Waals surface area contributed by atoms with E-state index in [-0.39, 0.29) is 0 Å². The lowest BCUT2D eigenvalue weighted by atomic mass is 10.2. The van der Waals surface area contributed by atoms with Crippen molar-refractivity contribution in [2.75, 3.05) is 23.8 Å². The zero-order chi connectivity index (χ0) is 15.2. The van der Waals surface area contributed by atoms with E-state index in [2.05, 4.69) is 43.0 Å². The van der Waals surface area contributed by atoms with Crippen molar-refractivity contribution in [2.24, 2.45) is 0 Å². The number of hydrogen-bond acceptors (Lipinski definition) is 4. The number of aromatic nitrogens is 2. The summed E-state index contributed by atoms with van der Waals surface area (Å²) in [7, 11) is 2.00. The van der Waals surface area contributed by atoms with Crippen LogP contribution in [-0.4, -0.2) is 23.6 Å². The Labute approximate surface area is 138 Å². The van der Waals surface area contributed by atoms with E-state index in [1.54, 1.807) is 6.33 Å². The van der Waals surface area contributed by atoms with Gasteiger partial charge in [-0.3, -0.25) is 0 Å². The summed E-state index contributed by atoms with van der Waals surface area (Å²) in [6.07, 6.45) is 2.62. The van der Waals surface area contributed by atoms with E-state index in [1.807, 2.05) is 31.3 Å². The van der Waals surface area contributed by atoms with Crippen LogP contribution in [0.4, 0.5) is 11.6 Å². The van der Waals surface area contributed by atoms with Crippen molar-refractivity contribution >= 4 is 39.2 Å². The summed E-state index contributed by atoms with van der Waals surface area (Å²) >= 11 is 9.61. The second-order valence-electron chi connectivity index (χ2n) is 4.77. The molecule has 0 bridgehead atoms. The maximum atomic E-state index is 6.02. The fourth-order valence-corrected chi connectivity index (χ4v) is 2.84. The van der Waals surface area contributed by atoms with Crippen molar-refractivity contribution in [2.45, 2.75) is 19.9 Å². The minimum absolute atomic E-state index is 0.726. The molecule has 1 aromatic heterocycles. The Morgan fingerprint density at radius 2 is 2.14 bits per heavy atom. The molecule has 1 N–H and O–H groups in total. The number of benzene rings is 1. The molecule has 2 aromatic rings. The monoisotopic (exact) mass is 368 g/mol. The maximum absolute atomic E-state index is 6.02. The van der Waals surface area contributed by atoms with Gasteiger partial charge < -0.3 is 10.2 Å². The van der Waals surface area contributed by atoms with Crippen molar-refractivity contribution in [1.82, 2.24) is 9.97 Å². The zero-order valence-electron chi connectivity index (χ0n) is 12.1. The van der Waals surface area contributed by atoms with E-state index in [0.717, 1.165) is 46.2 Å². The smallest absolute Gasteiger partial charge is 0.148 e. The number of nitrogens with zero attached hydrogens (tertiary/aromatic N) is 3. The normalized spacial score (nSPS) is 10.5. The third-order valence-corrected chi connectivity index (χ3v) is 3.95. The molecule has 0 unspecified atom stereocenters. The van der Waals surface area contributed by atoms with Crippen molar-refractivity contribution in [3.63, 3.8) is 0 Å². The number of rotatable bonds is 6. The average molecular weight is 370 g/mol. The molecule has 0 saturated carbocycles. The van der Waals surface area contributed by atoms with Crippen molar-refractivity contribution in [3.8, 4) is 0 Å². The van der Waals surface area contributed by atoms with Crippen molar-refractivity contribution in [1.29, 1.82) is 0 Å². The van der Waals surface area contributed by atoms with Crippen LogP contribution in [-0.2, 0) is 6.54 Å². The second-order valence-corrected chi connectivity index (χ2v) is 6.00. The minimum Gasteiger partial charge on any atom is -0.369 e. The van der Waals surface area contributed by atoms with Gasteiger partial charge in [0.1, 0.15) is 22.4 Å². The summed E-state index contributed by atoms with van der Waals surface area (Å²) < 4.78 is 0.878. The SMILES string of the molecule is CCCNc1ncnc(N(C)Cc2cccc(Cl)c2)c1Br. The predicted molar refractivity (Wildman–Crippen MR) is 92.1 cm³/mol. The first kappa shape index (κ1) is 16.0. The highest BCUT2D eigenvalue weighted by molar-refractivity contribution is 9.10. The highest BCUT2D eigenvalue weighted by atomic mass is 79.9. The molecule has 2 rings (SSSR count). The third kappa shape index (κ3) is 4.32. The molecule has 0 aliphatic carbocycles. The Morgan fingerprint density at radius 3 is 2.86 bits per heavy atom. The molecular weight excluding hydrogens is 352 g/mol. The Morgan fingerprint density at radius 1 is 1.33 bits per heavy atom. The van der Waals surface area contributed by atoms with Gasteiger partial charge in [-0.05, 0) is 40.0 Å². The third-order valence-electron chi connectivity index (χ3n) is 2.98. The highest BCUT2D eigenvalue weighted by Gasteiger charge is 2.12. The van der Waals surface area contributed by atoms with Gasteiger partial charge in [0.05, 0.1) is 0 Å². The van der Waals surface area contributed by atoms with Gasteiger partial charge in [-0.1, -0.05) is 30.7 Å². The van der Waals surface area contributed by atoms with E-state index < -0.39 is 0 Å². The molecule has 0 atom stereocenters. The molecule has 0 radical (unpaired) electrons. The first-order valence-corrected chi connectivity index (χ1v) is 7.99. The molecule has 112 valence electrons. The van der Waals surface area contributed by atoms with Gasteiger partial charge in [0.15, 0.2) is 0 Å². The average Bonchev–Trinajstić information content (AvgIpc) is 2.46. The maximum Gasteiger partial charge on any atom is 0.148 e. The van der Waals surface area contributed by atoms with Crippen LogP contribution in [0.25, 0.3) is 0 Å². The first-order chi connectivity index (χ1) is 10.1. The molecule has 21 heavy (non-hydrogen) atoms. The molecule has 0 saturated heterocycles. The Balaban J connectivity index is 2.17. The number of hydrogen-bond donors (Lipinski definition) is 1. The van der Waals surface area contributed by atoms with Gasteiger partial charge >= 0.3 is 0 Å². The molecule has 1 heterocycles. The molecule has 4 nitrogen and oxygen atoms in total. The van der Waals surface area contributed by atoms with E-state index in [9.17, 15) is 0 Å². The van der Waals surface area contributed by atoms with E-state index >= 15 is 0 Å². The lowest BCUT2D eigenvalue weighted by molar-refractivity contribution is 0.883. The standard InChI is InChI=1S/C15H18BrClN4/c1-3-7-18-14-13(16)15(20-10-19-14)21(2)9-11-5-4-6-12(17)8-11/h4-6,8,10H,3,7,9H2,1-2H3,(H,18,19,20). The lowest BCUT2D eigenvalue weighted by Crippen LogP contribution is -2.19. The van der Waals surface area contributed by atoms with Gasteiger partial charge in [-0.25, -0.2) is 9.97 Å². The lowest BCUT2D eigenvalue weighted by Gasteiger charge is -2.20. The van der Waals surface area contributed by atoms with Crippen molar-refractivity contribution in [3.05, 3.63) is 45.7 Å². The van der Waals surface area contributed by atoms with Gasteiger partial charge in [-0.2, -0.15) is 0 Å². The van der Waals surface area contributed by atoms with Crippen LogP contribution in [0.1, 0.15) is 18.9 Å². The van der Waals surface area contributed by atoms with Crippen LogP contribution in [0.5, 0.6) is 0 Å². The minimum atomic E-state index is 0.726. The second kappa shape index (κ2) is 7.61. The summed E-state index contributed by atoms with van der Waals surface area (Å²) in [5, 5.41) is 4.03. The molecule has 0 aliphatic heterocycles. The van der Waals surface area contributed by atoms with Gasteiger partial charge in [-0.15, -0.1) is 0 Å². The first-order valence-electron chi connectivity index (χ1n) is 6.81. The van der Waals surface area contributed by atoms with E-state index in [1.165, 1.54) is 0 Å². The van der Waals surface area contributed by atoms with Crippen LogP contribution in [0.3, 0.4) is 0 Å². The van der Waals surface area contributed by atoms with Crippen molar-refractivity contribution < 1.29 is 0 Å². The van der Waals surface area contributed by atoms with E-state index in [4.69, 9.17) is 11.6 Å². The molecule has 0 spiro atoms. The summed E-state index contributed by atoms with van der Waals surface area (Å²) in [5.74, 6) is 1.67. The Kier molecular flexibility index (Phi) is 5.82. The summed E-state index contributed by atoms with van der Waals surface area (Å²) in [6, 6.07) is 7.84. The summed E-state index contributed by atoms with van der Waals surface area (Å²) in [6.45, 7) is 3.73.